The van der Waals surface area contributed by atoms with Gasteiger partial charge in [-0.05, 0) is 35.7 Å². The normalized spacial score (nSPS) is 11.1. The molecule has 0 spiro atoms. The summed E-state index contributed by atoms with van der Waals surface area (Å²) in [4.78, 5) is 14.9. The Morgan fingerprint density at radius 2 is 1.73 bits per heavy atom. The summed E-state index contributed by atoms with van der Waals surface area (Å²) in [5.74, 6) is 1.89. The first-order chi connectivity index (χ1) is 12.9. The smallest absolute Gasteiger partial charge is 0.230 e. The highest BCUT2D eigenvalue weighted by Gasteiger charge is 2.13. The maximum absolute atomic E-state index is 6.23. The van der Waals surface area contributed by atoms with Crippen molar-refractivity contribution >= 4 is 33.1 Å². The molecule has 0 saturated carbocycles. The van der Waals surface area contributed by atoms with Crippen LogP contribution in [0.3, 0.4) is 0 Å². The lowest BCUT2D eigenvalue weighted by Gasteiger charge is -2.11. The van der Waals surface area contributed by atoms with Crippen LogP contribution in [0, 0.1) is 0 Å². The number of hydrogen-bond acceptors (Lipinski definition) is 5. The topological polar surface area (TPSA) is 47.9 Å². The number of thiophene rings is 1. The van der Waals surface area contributed by atoms with Crippen molar-refractivity contribution in [1.29, 1.82) is 0 Å². The van der Waals surface area contributed by atoms with Crippen LogP contribution in [0.25, 0.3) is 32.5 Å². The molecule has 124 valence electrons. The van der Waals surface area contributed by atoms with Crippen molar-refractivity contribution in [2.75, 3.05) is 0 Å². The minimum Gasteiger partial charge on any atom is -0.436 e. The highest BCUT2D eigenvalue weighted by molar-refractivity contribution is 7.13. The zero-order chi connectivity index (χ0) is 17.3. The van der Waals surface area contributed by atoms with Crippen molar-refractivity contribution < 1.29 is 4.74 Å². The van der Waals surface area contributed by atoms with Gasteiger partial charge in [0, 0.05) is 11.6 Å². The van der Waals surface area contributed by atoms with Crippen molar-refractivity contribution in [2.24, 2.45) is 0 Å². The molecule has 0 unspecified atom stereocenters. The van der Waals surface area contributed by atoms with E-state index >= 15 is 0 Å². The fraction of sp³-hybridized carbons (Fsp3) is 0. The van der Waals surface area contributed by atoms with Gasteiger partial charge in [-0.1, -0.05) is 36.4 Å². The average molecular weight is 355 g/mol. The van der Waals surface area contributed by atoms with E-state index in [1.165, 1.54) is 0 Å². The first kappa shape index (κ1) is 15.0. The number of rotatable bonds is 3. The van der Waals surface area contributed by atoms with Gasteiger partial charge in [-0.2, -0.15) is 4.98 Å². The monoisotopic (exact) mass is 355 g/mol. The summed E-state index contributed by atoms with van der Waals surface area (Å²) in [6.45, 7) is 0. The summed E-state index contributed by atoms with van der Waals surface area (Å²) in [6.07, 6.45) is 1.77. The van der Waals surface area contributed by atoms with Crippen LogP contribution in [0.1, 0.15) is 0 Å². The first-order valence-electron chi connectivity index (χ1n) is 8.21. The van der Waals surface area contributed by atoms with Crippen molar-refractivity contribution in [3.8, 4) is 22.3 Å². The largest absolute Gasteiger partial charge is 0.436 e. The van der Waals surface area contributed by atoms with E-state index in [1.807, 2.05) is 72.1 Å². The zero-order valence-corrected chi connectivity index (χ0v) is 14.5. The van der Waals surface area contributed by atoms with Crippen LogP contribution < -0.4 is 4.74 Å². The Labute approximate surface area is 153 Å². The number of pyridine rings is 1. The molecule has 5 heteroatoms. The summed E-state index contributed by atoms with van der Waals surface area (Å²) in [7, 11) is 0. The van der Waals surface area contributed by atoms with Crippen molar-refractivity contribution in [3.05, 3.63) is 78.3 Å². The van der Waals surface area contributed by atoms with Gasteiger partial charge in [-0.3, -0.25) is 4.98 Å². The Morgan fingerprint density at radius 1 is 0.808 bits per heavy atom. The maximum atomic E-state index is 6.23. The van der Waals surface area contributed by atoms with E-state index in [2.05, 4.69) is 9.97 Å². The Bertz CT molecular complexity index is 1210. The number of benzene rings is 2. The quantitative estimate of drug-likeness (QED) is 0.416. The van der Waals surface area contributed by atoms with E-state index in [1.54, 1.807) is 17.5 Å². The Balaban J connectivity index is 1.70. The lowest BCUT2D eigenvalue weighted by atomic mass is 10.2. The molecule has 0 bridgehead atoms. The van der Waals surface area contributed by atoms with Gasteiger partial charge in [0.2, 0.25) is 5.88 Å². The highest BCUT2D eigenvalue weighted by Crippen LogP contribution is 2.33. The summed E-state index contributed by atoms with van der Waals surface area (Å²) >= 11 is 1.61. The molecule has 0 aliphatic carbocycles. The third-order valence-corrected chi connectivity index (χ3v) is 4.98. The van der Waals surface area contributed by atoms with Gasteiger partial charge >= 0.3 is 0 Å². The number of hydrogen-bond donors (Lipinski definition) is 0. The molecule has 0 N–H and O–H groups in total. The van der Waals surface area contributed by atoms with Crippen LogP contribution in [0.4, 0.5) is 0 Å². The van der Waals surface area contributed by atoms with Gasteiger partial charge in [-0.25, -0.2) is 4.98 Å². The maximum Gasteiger partial charge on any atom is 0.230 e. The van der Waals surface area contributed by atoms with Crippen LogP contribution in [0.2, 0.25) is 0 Å². The average Bonchev–Trinajstić information content (AvgIpc) is 3.23. The standard InChI is InChI=1S/C21H13N3OS/c1-2-9-16-15(8-1)21(24-20(23-16)18-11-5-13-26-18)25-17-10-3-6-14-7-4-12-22-19(14)17/h1-13H. The molecule has 0 amide bonds. The molecular weight excluding hydrogens is 342 g/mol. The molecule has 3 aromatic heterocycles. The number of para-hydroxylation sites is 2. The summed E-state index contributed by atoms with van der Waals surface area (Å²) < 4.78 is 6.23. The fourth-order valence-electron chi connectivity index (χ4n) is 2.90. The second-order valence-corrected chi connectivity index (χ2v) is 6.73. The second kappa shape index (κ2) is 6.20. The molecule has 0 saturated heterocycles. The summed E-state index contributed by atoms with van der Waals surface area (Å²) in [5, 5.41) is 3.92. The molecular formula is C21H13N3OS. The number of nitrogens with zero attached hydrogens (tertiary/aromatic N) is 3. The molecule has 0 fully saturated rings. The van der Waals surface area contributed by atoms with Crippen molar-refractivity contribution in [1.82, 2.24) is 15.0 Å². The minimum atomic E-state index is 0.539. The van der Waals surface area contributed by atoms with Crippen molar-refractivity contribution in [3.63, 3.8) is 0 Å². The zero-order valence-electron chi connectivity index (χ0n) is 13.7. The molecule has 5 aromatic rings. The van der Waals surface area contributed by atoms with Gasteiger partial charge in [0.1, 0.15) is 5.52 Å². The van der Waals surface area contributed by atoms with E-state index in [9.17, 15) is 0 Å². The van der Waals surface area contributed by atoms with Gasteiger partial charge < -0.3 is 4.74 Å². The molecule has 4 nitrogen and oxygen atoms in total. The third kappa shape index (κ3) is 2.59. The minimum absolute atomic E-state index is 0.539. The molecule has 0 aliphatic rings. The molecule has 0 radical (unpaired) electrons. The lowest BCUT2D eigenvalue weighted by molar-refractivity contribution is 0.473. The summed E-state index contributed by atoms with van der Waals surface area (Å²) in [5.41, 5.74) is 1.67. The first-order valence-corrected chi connectivity index (χ1v) is 9.09. The number of ether oxygens (including phenoxy) is 1. The van der Waals surface area contributed by atoms with E-state index < -0.39 is 0 Å². The van der Waals surface area contributed by atoms with Crippen LogP contribution >= 0.6 is 11.3 Å². The van der Waals surface area contributed by atoms with Crippen LogP contribution in [-0.4, -0.2) is 15.0 Å². The lowest BCUT2D eigenvalue weighted by Crippen LogP contribution is -1.96. The summed E-state index contributed by atoms with van der Waals surface area (Å²) in [6, 6.07) is 21.7. The molecule has 2 aromatic carbocycles. The second-order valence-electron chi connectivity index (χ2n) is 5.78. The SMILES string of the molecule is c1csc(-c2nc(Oc3cccc4cccnc34)c3ccccc3n2)c1. The molecule has 26 heavy (non-hydrogen) atoms. The molecule has 5 rings (SSSR count). The van der Waals surface area contributed by atoms with Crippen LogP contribution in [0.5, 0.6) is 11.6 Å². The Morgan fingerprint density at radius 3 is 2.65 bits per heavy atom. The van der Waals surface area contributed by atoms with Gasteiger partial charge in [0.05, 0.1) is 15.8 Å². The third-order valence-electron chi connectivity index (χ3n) is 4.11. The van der Waals surface area contributed by atoms with E-state index in [4.69, 9.17) is 9.72 Å². The molecule has 3 heterocycles. The van der Waals surface area contributed by atoms with E-state index in [0.717, 1.165) is 26.7 Å². The Hall–Kier alpha value is -3.31. The van der Waals surface area contributed by atoms with E-state index in [-0.39, 0.29) is 0 Å². The van der Waals surface area contributed by atoms with Crippen molar-refractivity contribution in [2.45, 2.75) is 0 Å². The van der Waals surface area contributed by atoms with Gasteiger partial charge in [0.15, 0.2) is 11.6 Å². The van der Waals surface area contributed by atoms with E-state index in [0.29, 0.717) is 17.5 Å². The van der Waals surface area contributed by atoms with Crippen LogP contribution in [-0.2, 0) is 0 Å². The molecule has 0 atom stereocenters. The molecule has 0 aliphatic heterocycles. The van der Waals surface area contributed by atoms with Crippen LogP contribution in [0.15, 0.2) is 78.3 Å². The fourth-order valence-corrected chi connectivity index (χ4v) is 3.56. The van der Waals surface area contributed by atoms with Gasteiger partial charge in [-0.15, -0.1) is 11.3 Å². The number of aromatic nitrogens is 3. The Kier molecular flexibility index (Phi) is 3.57. The van der Waals surface area contributed by atoms with Gasteiger partial charge in [0.25, 0.3) is 0 Å². The highest BCUT2D eigenvalue weighted by atomic mass is 32.1. The predicted molar refractivity (Wildman–Crippen MR) is 105 cm³/mol. The predicted octanol–water partition coefficient (Wildman–Crippen LogP) is 5.70. The number of fused-ring (bicyclic) bond motifs is 2.